The maximum atomic E-state index is 11.7. The lowest BCUT2D eigenvalue weighted by molar-refractivity contribution is -0.385. The number of carbonyl (C=O) groups is 2. The Bertz CT molecular complexity index is 553. The Labute approximate surface area is 108 Å². The van der Waals surface area contributed by atoms with Gasteiger partial charge >= 0.3 is 11.9 Å². The molecule has 0 saturated carbocycles. The zero-order valence-corrected chi connectivity index (χ0v) is 10.1. The number of fused-ring (bicyclic) bond motifs is 1. The highest BCUT2D eigenvalue weighted by atomic mass is 16.6. The summed E-state index contributed by atoms with van der Waals surface area (Å²) in [6.45, 7) is 1.89. The zero-order valence-electron chi connectivity index (χ0n) is 10.1. The summed E-state index contributed by atoms with van der Waals surface area (Å²) in [5.74, 6) is -1.30. The summed E-state index contributed by atoms with van der Waals surface area (Å²) in [6, 6.07) is 4.22. The maximum absolute atomic E-state index is 11.7. The van der Waals surface area contributed by atoms with Crippen LogP contribution >= 0.6 is 0 Å². The van der Waals surface area contributed by atoms with Gasteiger partial charge in [-0.25, -0.2) is 4.79 Å². The number of nitrogens with zero attached hydrogens (tertiary/aromatic N) is 1. The van der Waals surface area contributed by atoms with E-state index in [0.29, 0.717) is 5.56 Å². The number of carbonyl (C=O) groups excluding carboxylic acids is 2. The number of rotatable bonds is 4. The standard InChI is InChI=1S/C12H11NO6/c1-2-18-10(14)6-9-7-4-3-5-8(13(16)17)11(7)12(15)19-9/h3-5,9H,2,6H2,1H3. The highest BCUT2D eigenvalue weighted by molar-refractivity contribution is 5.98. The summed E-state index contributed by atoms with van der Waals surface area (Å²) in [7, 11) is 0. The van der Waals surface area contributed by atoms with Crippen LogP contribution in [0.2, 0.25) is 0 Å². The largest absolute Gasteiger partial charge is 0.466 e. The normalized spacial score (nSPS) is 16.7. The molecule has 0 aliphatic carbocycles. The molecule has 100 valence electrons. The van der Waals surface area contributed by atoms with Gasteiger partial charge in [0.15, 0.2) is 0 Å². The number of hydrogen-bond donors (Lipinski definition) is 0. The van der Waals surface area contributed by atoms with E-state index in [0.717, 1.165) is 0 Å². The monoisotopic (exact) mass is 265 g/mol. The van der Waals surface area contributed by atoms with Gasteiger partial charge in [-0.1, -0.05) is 12.1 Å². The Morgan fingerprint density at radius 3 is 2.89 bits per heavy atom. The average Bonchev–Trinajstić information content (AvgIpc) is 2.66. The molecule has 1 unspecified atom stereocenters. The topological polar surface area (TPSA) is 95.7 Å². The van der Waals surface area contributed by atoms with Crippen LogP contribution < -0.4 is 0 Å². The van der Waals surface area contributed by atoms with Gasteiger partial charge in [-0.2, -0.15) is 0 Å². The second-order valence-corrected chi connectivity index (χ2v) is 3.90. The Kier molecular flexibility index (Phi) is 3.46. The van der Waals surface area contributed by atoms with E-state index in [4.69, 9.17) is 9.47 Å². The Morgan fingerprint density at radius 2 is 2.26 bits per heavy atom. The van der Waals surface area contributed by atoms with Crippen LogP contribution in [-0.2, 0) is 14.3 Å². The van der Waals surface area contributed by atoms with E-state index < -0.39 is 23.0 Å². The van der Waals surface area contributed by atoms with Gasteiger partial charge < -0.3 is 9.47 Å². The molecular weight excluding hydrogens is 254 g/mol. The van der Waals surface area contributed by atoms with Crippen molar-refractivity contribution < 1.29 is 24.0 Å². The van der Waals surface area contributed by atoms with Crippen LogP contribution in [-0.4, -0.2) is 23.5 Å². The molecule has 2 rings (SSSR count). The molecule has 1 atom stereocenters. The van der Waals surface area contributed by atoms with Crippen LogP contribution in [0.3, 0.4) is 0 Å². The number of nitro groups is 1. The third kappa shape index (κ3) is 2.40. The Morgan fingerprint density at radius 1 is 1.53 bits per heavy atom. The van der Waals surface area contributed by atoms with Crippen molar-refractivity contribution in [2.24, 2.45) is 0 Å². The first-order chi connectivity index (χ1) is 9.04. The zero-order chi connectivity index (χ0) is 14.0. The van der Waals surface area contributed by atoms with Crippen LogP contribution in [0.15, 0.2) is 18.2 Å². The molecule has 0 saturated heterocycles. The lowest BCUT2D eigenvalue weighted by Gasteiger charge is -2.09. The Hall–Kier alpha value is -2.44. The molecule has 7 nitrogen and oxygen atoms in total. The molecule has 1 aromatic carbocycles. The number of benzene rings is 1. The van der Waals surface area contributed by atoms with Crippen molar-refractivity contribution in [3.8, 4) is 0 Å². The molecule has 1 heterocycles. The van der Waals surface area contributed by atoms with E-state index in [1.807, 2.05) is 0 Å². The van der Waals surface area contributed by atoms with Crippen LogP contribution in [0, 0.1) is 10.1 Å². The average molecular weight is 265 g/mol. The van der Waals surface area contributed by atoms with Crippen LogP contribution in [0.5, 0.6) is 0 Å². The summed E-state index contributed by atoms with van der Waals surface area (Å²) in [4.78, 5) is 33.2. The number of ether oxygens (including phenoxy) is 2. The number of nitro benzene ring substituents is 1. The van der Waals surface area contributed by atoms with Gasteiger partial charge in [0.25, 0.3) is 5.69 Å². The first kappa shape index (κ1) is 13.0. The van der Waals surface area contributed by atoms with Crippen molar-refractivity contribution in [3.63, 3.8) is 0 Å². The molecular formula is C12H11NO6. The predicted octanol–water partition coefficient (Wildman–Crippen LogP) is 1.76. The Balaban J connectivity index is 2.32. The number of esters is 2. The van der Waals surface area contributed by atoms with Gasteiger partial charge in [-0.3, -0.25) is 14.9 Å². The van der Waals surface area contributed by atoms with Crippen molar-refractivity contribution in [1.82, 2.24) is 0 Å². The highest BCUT2D eigenvalue weighted by Gasteiger charge is 2.38. The van der Waals surface area contributed by atoms with Gasteiger partial charge in [-0.15, -0.1) is 0 Å². The van der Waals surface area contributed by atoms with Crippen molar-refractivity contribution in [1.29, 1.82) is 0 Å². The first-order valence-electron chi connectivity index (χ1n) is 5.68. The van der Waals surface area contributed by atoms with E-state index in [-0.39, 0.29) is 24.3 Å². The van der Waals surface area contributed by atoms with E-state index in [1.165, 1.54) is 18.2 Å². The third-order valence-corrected chi connectivity index (χ3v) is 2.73. The second-order valence-electron chi connectivity index (χ2n) is 3.90. The summed E-state index contributed by atoms with van der Waals surface area (Å²) in [5.41, 5.74) is -0.0390. The van der Waals surface area contributed by atoms with Gasteiger partial charge in [-0.05, 0) is 6.92 Å². The highest BCUT2D eigenvalue weighted by Crippen LogP contribution is 2.37. The van der Waals surface area contributed by atoms with Gasteiger partial charge in [0.05, 0.1) is 18.0 Å². The molecule has 1 aromatic rings. The van der Waals surface area contributed by atoms with E-state index in [1.54, 1.807) is 6.92 Å². The molecule has 0 fully saturated rings. The van der Waals surface area contributed by atoms with E-state index in [2.05, 4.69) is 0 Å². The molecule has 0 amide bonds. The molecule has 0 aromatic heterocycles. The maximum Gasteiger partial charge on any atom is 0.346 e. The fourth-order valence-corrected chi connectivity index (χ4v) is 1.97. The summed E-state index contributed by atoms with van der Waals surface area (Å²) in [6.07, 6.45) is -0.963. The number of cyclic esters (lactones) is 1. The smallest absolute Gasteiger partial charge is 0.346 e. The van der Waals surface area contributed by atoms with Crippen molar-refractivity contribution in [2.45, 2.75) is 19.4 Å². The minimum absolute atomic E-state index is 0.0817. The first-order valence-corrected chi connectivity index (χ1v) is 5.68. The number of hydrogen-bond acceptors (Lipinski definition) is 6. The van der Waals surface area contributed by atoms with Crippen molar-refractivity contribution in [3.05, 3.63) is 39.4 Å². The summed E-state index contributed by atoms with van der Waals surface area (Å²) in [5, 5.41) is 10.8. The van der Waals surface area contributed by atoms with Crippen molar-refractivity contribution >= 4 is 17.6 Å². The SMILES string of the molecule is CCOC(=O)CC1OC(=O)c2c1cccc2[N+](=O)[O-]. The molecule has 0 radical (unpaired) electrons. The fourth-order valence-electron chi connectivity index (χ4n) is 1.97. The molecule has 0 spiro atoms. The third-order valence-electron chi connectivity index (χ3n) is 2.73. The molecule has 1 aliphatic rings. The van der Waals surface area contributed by atoms with Gasteiger partial charge in [0.2, 0.25) is 0 Å². The molecule has 7 heteroatoms. The molecule has 0 bridgehead atoms. The van der Waals surface area contributed by atoms with Crippen LogP contribution in [0.25, 0.3) is 0 Å². The lowest BCUT2D eigenvalue weighted by Crippen LogP contribution is -2.10. The predicted molar refractivity (Wildman–Crippen MR) is 62.5 cm³/mol. The molecule has 0 N–H and O–H groups in total. The summed E-state index contributed by atoms with van der Waals surface area (Å²) >= 11 is 0. The second kappa shape index (κ2) is 5.05. The van der Waals surface area contributed by atoms with E-state index in [9.17, 15) is 19.7 Å². The molecule has 1 aliphatic heterocycles. The fraction of sp³-hybridized carbons (Fsp3) is 0.333. The van der Waals surface area contributed by atoms with Crippen LogP contribution in [0.1, 0.15) is 35.4 Å². The lowest BCUT2D eigenvalue weighted by atomic mass is 10.0. The van der Waals surface area contributed by atoms with Crippen molar-refractivity contribution in [2.75, 3.05) is 6.61 Å². The van der Waals surface area contributed by atoms with Gasteiger partial charge in [0, 0.05) is 11.6 Å². The minimum Gasteiger partial charge on any atom is -0.466 e. The van der Waals surface area contributed by atoms with E-state index >= 15 is 0 Å². The quantitative estimate of drug-likeness (QED) is 0.467. The summed E-state index contributed by atoms with van der Waals surface area (Å²) < 4.78 is 9.76. The van der Waals surface area contributed by atoms with Crippen LogP contribution in [0.4, 0.5) is 5.69 Å². The minimum atomic E-state index is -0.818. The molecule has 19 heavy (non-hydrogen) atoms. The van der Waals surface area contributed by atoms with Gasteiger partial charge in [0.1, 0.15) is 11.7 Å².